The molecule has 0 aromatic heterocycles. The molecule has 1 aromatic carbocycles. The molecule has 2 unspecified atom stereocenters. The average Bonchev–Trinajstić information content (AvgIpc) is 2.36. The SMILES string of the molecule is CC(NC(=O)CSc1ccccc1F)C(C)C(=O)O. The lowest BCUT2D eigenvalue weighted by atomic mass is 10.0. The number of hydrogen-bond acceptors (Lipinski definition) is 3. The number of carbonyl (C=O) groups excluding carboxylic acids is 1. The number of amides is 1. The van der Waals surface area contributed by atoms with E-state index in [1.54, 1.807) is 25.1 Å². The molecule has 19 heavy (non-hydrogen) atoms. The van der Waals surface area contributed by atoms with Crippen molar-refractivity contribution >= 4 is 23.6 Å². The molecule has 2 N–H and O–H groups in total. The predicted octanol–water partition coefficient (Wildman–Crippen LogP) is 2.14. The minimum absolute atomic E-state index is 0.0532. The Kier molecular flexibility index (Phi) is 5.82. The Bertz CT molecular complexity index is 467. The summed E-state index contributed by atoms with van der Waals surface area (Å²) in [5.74, 6) is -2.25. The molecule has 104 valence electrons. The van der Waals surface area contributed by atoms with Crippen molar-refractivity contribution < 1.29 is 19.1 Å². The highest BCUT2D eigenvalue weighted by Gasteiger charge is 2.20. The Hall–Kier alpha value is -1.56. The number of nitrogens with one attached hydrogen (secondary N) is 1. The van der Waals surface area contributed by atoms with Gasteiger partial charge in [0, 0.05) is 10.9 Å². The largest absolute Gasteiger partial charge is 0.481 e. The van der Waals surface area contributed by atoms with E-state index >= 15 is 0 Å². The van der Waals surface area contributed by atoms with Crippen LogP contribution in [0.15, 0.2) is 29.2 Å². The molecule has 0 spiro atoms. The number of aliphatic carboxylic acids is 1. The molecular weight excluding hydrogens is 269 g/mol. The van der Waals surface area contributed by atoms with Crippen LogP contribution in [0.2, 0.25) is 0 Å². The van der Waals surface area contributed by atoms with E-state index in [1.807, 2.05) is 0 Å². The quantitative estimate of drug-likeness (QED) is 0.786. The van der Waals surface area contributed by atoms with Gasteiger partial charge in [-0.25, -0.2) is 4.39 Å². The lowest BCUT2D eigenvalue weighted by Gasteiger charge is -2.17. The first-order valence-corrected chi connectivity index (χ1v) is 6.80. The van der Waals surface area contributed by atoms with E-state index in [0.717, 1.165) is 11.8 Å². The van der Waals surface area contributed by atoms with Crippen LogP contribution in [0.1, 0.15) is 13.8 Å². The first-order chi connectivity index (χ1) is 8.91. The van der Waals surface area contributed by atoms with Crippen molar-refractivity contribution in [3.8, 4) is 0 Å². The number of thioether (sulfide) groups is 1. The molecule has 0 radical (unpaired) electrons. The Balaban J connectivity index is 2.44. The third-order valence-electron chi connectivity index (χ3n) is 2.72. The van der Waals surface area contributed by atoms with Gasteiger partial charge in [0.2, 0.25) is 5.91 Å². The van der Waals surface area contributed by atoms with Crippen molar-refractivity contribution in [1.82, 2.24) is 5.32 Å². The van der Waals surface area contributed by atoms with Gasteiger partial charge >= 0.3 is 5.97 Å². The number of carboxylic acid groups (broad SMARTS) is 1. The Morgan fingerprint density at radius 2 is 2.00 bits per heavy atom. The summed E-state index contributed by atoms with van der Waals surface area (Å²) in [5.41, 5.74) is 0. The molecule has 0 saturated heterocycles. The molecule has 0 bridgehead atoms. The summed E-state index contributed by atoms with van der Waals surface area (Å²) >= 11 is 1.08. The summed E-state index contributed by atoms with van der Waals surface area (Å²) in [6, 6.07) is 5.73. The van der Waals surface area contributed by atoms with Crippen molar-refractivity contribution in [2.45, 2.75) is 24.8 Å². The molecule has 0 heterocycles. The second-order valence-corrected chi connectivity index (χ2v) is 5.22. The maximum atomic E-state index is 13.3. The number of rotatable bonds is 6. The molecule has 4 nitrogen and oxygen atoms in total. The molecular formula is C13H16FNO3S. The molecule has 6 heteroatoms. The fourth-order valence-corrected chi connectivity index (χ4v) is 2.09. The van der Waals surface area contributed by atoms with Crippen molar-refractivity contribution in [3.63, 3.8) is 0 Å². The van der Waals surface area contributed by atoms with Crippen LogP contribution in [0.4, 0.5) is 4.39 Å². The Morgan fingerprint density at radius 1 is 1.37 bits per heavy atom. The fourth-order valence-electron chi connectivity index (χ4n) is 1.34. The maximum absolute atomic E-state index is 13.3. The van der Waals surface area contributed by atoms with Crippen molar-refractivity contribution in [2.24, 2.45) is 5.92 Å². The van der Waals surface area contributed by atoms with Crippen LogP contribution in [0.5, 0.6) is 0 Å². The molecule has 0 aliphatic heterocycles. The Labute approximate surface area is 115 Å². The summed E-state index contributed by atoms with van der Waals surface area (Å²) in [5, 5.41) is 11.4. The topological polar surface area (TPSA) is 66.4 Å². The maximum Gasteiger partial charge on any atom is 0.308 e. The first-order valence-electron chi connectivity index (χ1n) is 5.81. The van der Waals surface area contributed by atoms with Crippen molar-refractivity contribution in [3.05, 3.63) is 30.1 Å². The molecule has 0 fully saturated rings. The van der Waals surface area contributed by atoms with Gasteiger partial charge in [-0.15, -0.1) is 11.8 Å². The van der Waals surface area contributed by atoms with Crippen LogP contribution >= 0.6 is 11.8 Å². The van der Waals surface area contributed by atoms with Crippen molar-refractivity contribution in [1.29, 1.82) is 0 Å². The molecule has 1 amide bonds. The smallest absolute Gasteiger partial charge is 0.308 e. The molecule has 1 aromatic rings. The number of benzene rings is 1. The van der Waals surface area contributed by atoms with Crippen LogP contribution in [-0.4, -0.2) is 28.8 Å². The van der Waals surface area contributed by atoms with Crippen LogP contribution < -0.4 is 5.32 Å². The van der Waals surface area contributed by atoms with E-state index in [2.05, 4.69) is 5.32 Å². The molecule has 0 saturated carbocycles. The van der Waals surface area contributed by atoms with Crippen LogP contribution in [-0.2, 0) is 9.59 Å². The van der Waals surface area contributed by atoms with Crippen LogP contribution in [0.3, 0.4) is 0 Å². The molecule has 2 atom stereocenters. The van der Waals surface area contributed by atoms with Gasteiger partial charge in [-0.3, -0.25) is 9.59 Å². The number of carboxylic acids is 1. The van der Waals surface area contributed by atoms with Crippen LogP contribution in [0, 0.1) is 11.7 Å². The second-order valence-electron chi connectivity index (χ2n) is 4.20. The summed E-state index contributed by atoms with van der Waals surface area (Å²) in [6.45, 7) is 3.15. The van der Waals surface area contributed by atoms with Gasteiger partial charge in [0.15, 0.2) is 0 Å². The van der Waals surface area contributed by atoms with E-state index in [9.17, 15) is 14.0 Å². The summed E-state index contributed by atoms with van der Waals surface area (Å²) < 4.78 is 13.3. The molecule has 0 aliphatic rings. The predicted molar refractivity (Wildman–Crippen MR) is 71.5 cm³/mol. The third kappa shape index (κ3) is 4.90. The van der Waals surface area contributed by atoms with E-state index in [-0.39, 0.29) is 17.5 Å². The number of carbonyl (C=O) groups is 2. The highest BCUT2D eigenvalue weighted by atomic mass is 32.2. The van der Waals surface area contributed by atoms with Crippen LogP contribution in [0.25, 0.3) is 0 Å². The fraction of sp³-hybridized carbons (Fsp3) is 0.385. The third-order valence-corrected chi connectivity index (χ3v) is 3.77. The lowest BCUT2D eigenvalue weighted by molar-refractivity contribution is -0.142. The van der Waals surface area contributed by atoms with Gasteiger partial charge in [-0.1, -0.05) is 12.1 Å². The minimum atomic E-state index is -0.963. The van der Waals surface area contributed by atoms with E-state index < -0.39 is 17.9 Å². The monoisotopic (exact) mass is 285 g/mol. The van der Waals surface area contributed by atoms with Gasteiger partial charge < -0.3 is 10.4 Å². The second kappa shape index (κ2) is 7.13. The zero-order chi connectivity index (χ0) is 14.4. The number of halogens is 1. The zero-order valence-electron chi connectivity index (χ0n) is 10.7. The lowest BCUT2D eigenvalue weighted by Crippen LogP contribution is -2.40. The minimum Gasteiger partial charge on any atom is -0.481 e. The number of hydrogen-bond donors (Lipinski definition) is 2. The van der Waals surface area contributed by atoms with Gasteiger partial charge in [-0.05, 0) is 26.0 Å². The highest BCUT2D eigenvalue weighted by molar-refractivity contribution is 8.00. The molecule has 1 rings (SSSR count). The summed E-state index contributed by atoms with van der Waals surface area (Å²) in [6.07, 6.45) is 0. The summed E-state index contributed by atoms with van der Waals surface area (Å²) in [7, 11) is 0. The normalized spacial score (nSPS) is 13.6. The summed E-state index contributed by atoms with van der Waals surface area (Å²) in [4.78, 5) is 22.8. The van der Waals surface area contributed by atoms with E-state index in [1.165, 1.54) is 13.0 Å². The van der Waals surface area contributed by atoms with Gasteiger partial charge in [-0.2, -0.15) is 0 Å². The van der Waals surface area contributed by atoms with Gasteiger partial charge in [0.1, 0.15) is 5.82 Å². The van der Waals surface area contributed by atoms with E-state index in [4.69, 9.17) is 5.11 Å². The first kappa shape index (κ1) is 15.5. The van der Waals surface area contributed by atoms with E-state index in [0.29, 0.717) is 4.90 Å². The highest BCUT2D eigenvalue weighted by Crippen LogP contribution is 2.20. The van der Waals surface area contributed by atoms with Crippen molar-refractivity contribution in [2.75, 3.05) is 5.75 Å². The molecule has 0 aliphatic carbocycles. The van der Waals surface area contributed by atoms with Gasteiger partial charge in [0.25, 0.3) is 0 Å². The van der Waals surface area contributed by atoms with Gasteiger partial charge in [0.05, 0.1) is 11.7 Å². The standard InChI is InChI=1S/C13H16FNO3S/c1-8(13(17)18)9(2)15-12(16)7-19-11-6-4-3-5-10(11)14/h3-6,8-9H,7H2,1-2H3,(H,15,16)(H,17,18). The zero-order valence-corrected chi connectivity index (χ0v) is 11.5. The Morgan fingerprint density at radius 3 is 2.58 bits per heavy atom. The average molecular weight is 285 g/mol.